The third-order valence-corrected chi connectivity index (χ3v) is 3.01. The summed E-state index contributed by atoms with van der Waals surface area (Å²) in [6.07, 6.45) is 1.57. The lowest BCUT2D eigenvalue weighted by atomic mass is 10.1. The molecule has 1 fully saturated rings. The number of benzene rings is 1. The van der Waals surface area contributed by atoms with Crippen LogP contribution >= 0.6 is 0 Å². The molecule has 0 unspecified atom stereocenters. The second-order valence-electron chi connectivity index (χ2n) is 4.66. The van der Waals surface area contributed by atoms with Crippen LogP contribution in [0, 0.1) is 6.92 Å². The molecule has 1 aromatic carbocycles. The molecule has 1 aliphatic rings. The normalized spacial score (nSPS) is 18.6. The molecule has 2 rings (SSSR count). The molecular weight excluding hydrogens is 244 g/mol. The lowest BCUT2D eigenvalue weighted by molar-refractivity contribution is -0.131. The van der Waals surface area contributed by atoms with Crippen molar-refractivity contribution in [1.82, 2.24) is 10.6 Å². The molecule has 1 aromatic rings. The summed E-state index contributed by atoms with van der Waals surface area (Å²) in [4.78, 5) is 23.2. The van der Waals surface area contributed by atoms with Gasteiger partial charge in [-0.3, -0.25) is 9.59 Å². The average Bonchev–Trinajstić information content (AvgIpc) is 2.41. The van der Waals surface area contributed by atoms with E-state index in [0.717, 1.165) is 12.0 Å². The van der Waals surface area contributed by atoms with E-state index in [1.54, 1.807) is 0 Å². The Morgan fingerprint density at radius 3 is 2.84 bits per heavy atom. The largest absolute Gasteiger partial charge is 0.484 e. The average molecular weight is 262 g/mol. The smallest absolute Gasteiger partial charge is 0.258 e. The number of carbonyl (C=O) groups excluding carboxylic acids is 2. The van der Waals surface area contributed by atoms with E-state index < -0.39 is 6.04 Å². The Morgan fingerprint density at radius 1 is 1.42 bits per heavy atom. The van der Waals surface area contributed by atoms with Crippen LogP contribution < -0.4 is 15.4 Å². The van der Waals surface area contributed by atoms with Crippen LogP contribution in [0.2, 0.25) is 0 Å². The summed E-state index contributed by atoms with van der Waals surface area (Å²) in [6, 6.07) is 7.04. The van der Waals surface area contributed by atoms with E-state index >= 15 is 0 Å². The van der Waals surface area contributed by atoms with Gasteiger partial charge in [-0.1, -0.05) is 17.7 Å². The number of hydrogen-bond acceptors (Lipinski definition) is 3. The Hall–Kier alpha value is -2.04. The van der Waals surface area contributed by atoms with Crippen LogP contribution in [0.5, 0.6) is 5.75 Å². The number of aryl methyl sites for hydroxylation is 1. The van der Waals surface area contributed by atoms with Crippen molar-refractivity contribution in [1.29, 1.82) is 0 Å². The van der Waals surface area contributed by atoms with Gasteiger partial charge in [0.25, 0.3) is 5.91 Å². The third-order valence-electron chi connectivity index (χ3n) is 3.01. The highest BCUT2D eigenvalue weighted by molar-refractivity contribution is 5.88. The molecule has 5 nitrogen and oxygen atoms in total. The Bertz CT molecular complexity index is 456. The molecule has 19 heavy (non-hydrogen) atoms. The standard InChI is InChI=1S/C14H18N2O3/c1-10-4-6-11(7-5-10)19-9-13(17)16-12-3-2-8-15-14(12)18/h4-7,12H,2-3,8-9H2,1H3,(H,15,18)(H,16,17)/t12-/m0/s1. The molecule has 0 bridgehead atoms. The van der Waals surface area contributed by atoms with E-state index in [0.29, 0.717) is 18.7 Å². The molecule has 5 heteroatoms. The molecule has 1 atom stereocenters. The second kappa shape index (κ2) is 6.22. The van der Waals surface area contributed by atoms with Crippen LogP contribution in [0.15, 0.2) is 24.3 Å². The summed E-state index contributed by atoms with van der Waals surface area (Å²) in [6.45, 7) is 2.59. The third kappa shape index (κ3) is 3.98. The monoisotopic (exact) mass is 262 g/mol. The van der Waals surface area contributed by atoms with Crippen molar-refractivity contribution in [2.24, 2.45) is 0 Å². The molecule has 1 aliphatic heterocycles. The van der Waals surface area contributed by atoms with Gasteiger partial charge >= 0.3 is 0 Å². The maximum Gasteiger partial charge on any atom is 0.258 e. The van der Waals surface area contributed by atoms with Gasteiger partial charge in [0.2, 0.25) is 5.91 Å². The van der Waals surface area contributed by atoms with Gasteiger partial charge < -0.3 is 15.4 Å². The highest BCUT2D eigenvalue weighted by atomic mass is 16.5. The van der Waals surface area contributed by atoms with Gasteiger partial charge in [0.15, 0.2) is 6.61 Å². The topological polar surface area (TPSA) is 67.4 Å². The number of ether oxygens (including phenoxy) is 1. The van der Waals surface area contributed by atoms with Crippen LogP contribution in [0.1, 0.15) is 18.4 Å². The molecular formula is C14H18N2O3. The van der Waals surface area contributed by atoms with Crippen molar-refractivity contribution in [3.8, 4) is 5.75 Å². The Kier molecular flexibility index (Phi) is 4.39. The molecule has 1 saturated heterocycles. The first-order valence-corrected chi connectivity index (χ1v) is 6.42. The minimum Gasteiger partial charge on any atom is -0.484 e. The van der Waals surface area contributed by atoms with Gasteiger partial charge in [-0.05, 0) is 31.9 Å². The number of nitrogens with one attached hydrogen (secondary N) is 2. The van der Waals surface area contributed by atoms with E-state index in [2.05, 4.69) is 10.6 Å². The number of carbonyl (C=O) groups is 2. The van der Waals surface area contributed by atoms with Gasteiger partial charge in [0.05, 0.1) is 0 Å². The first kappa shape index (κ1) is 13.4. The minimum atomic E-state index is -0.428. The van der Waals surface area contributed by atoms with Gasteiger partial charge in [0, 0.05) is 6.54 Å². The summed E-state index contributed by atoms with van der Waals surface area (Å²) < 4.78 is 5.36. The first-order valence-electron chi connectivity index (χ1n) is 6.42. The molecule has 0 radical (unpaired) electrons. The Morgan fingerprint density at radius 2 is 2.16 bits per heavy atom. The van der Waals surface area contributed by atoms with Crippen molar-refractivity contribution in [2.75, 3.05) is 13.2 Å². The van der Waals surface area contributed by atoms with E-state index in [1.807, 2.05) is 31.2 Å². The van der Waals surface area contributed by atoms with Crippen molar-refractivity contribution >= 4 is 11.8 Å². The molecule has 0 spiro atoms. The van der Waals surface area contributed by atoms with E-state index in [9.17, 15) is 9.59 Å². The number of hydrogen-bond donors (Lipinski definition) is 2. The SMILES string of the molecule is Cc1ccc(OCC(=O)N[C@H]2CCCNC2=O)cc1. The predicted octanol–water partition coefficient (Wildman–Crippen LogP) is 0.769. The summed E-state index contributed by atoms with van der Waals surface area (Å²) in [7, 11) is 0. The summed E-state index contributed by atoms with van der Waals surface area (Å²) in [5.41, 5.74) is 1.13. The molecule has 0 aliphatic carbocycles. The van der Waals surface area contributed by atoms with E-state index in [-0.39, 0.29) is 18.4 Å². The van der Waals surface area contributed by atoms with E-state index in [1.165, 1.54) is 0 Å². The van der Waals surface area contributed by atoms with Gasteiger partial charge in [-0.25, -0.2) is 0 Å². The highest BCUT2D eigenvalue weighted by Gasteiger charge is 2.23. The highest BCUT2D eigenvalue weighted by Crippen LogP contribution is 2.11. The lowest BCUT2D eigenvalue weighted by Gasteiger charge is -2.22. The summed E-state index contributed by atoms with van der Waals surface area (Å²) in [5, 5.41) is 5.40. The molecule has 102 valence electrons. The molecule has 0 aromatic heterocycles. The summed E-state index contributed by atoms with van der Waals surface area (Å²) >= 11 is 0. The quantitative estimate of drug-likeness (QED) is 0.842. The molecule has 2 N–H and O–H groups in total. The lowest BCUT2D eigenvalue weighted by Crippen LogP contribution is -2.51. The van der Waals surface area contributed by atoms with Crippen molar-refractivity contribution in [3.05, 3.63) is 29.8 Å². The molecule has 1 heterocycles. The van der Waals surface area contributed by atoms with Crippen molar-refractivity contribution < 1.29 is 14.3 Å². The second-order valence-corrected chi connectivity index (χ2v) is 4.66. The molecule has 0 saturated carbocycles. The van der Waals surface area contributed by atoms with Gasteiger partial charge in [-0.15, -0.1) is 0 Å². The van der Waals surface area contributed by atoms with Crippen LogP contribution in [0.3, 0.4) is 0 Å². The predicted molar refractivity (Wildman–Crippen MR) is 70.8 cm³/mol. The van der Waals surface area contributed by atoms with Gasteiger partial charge in [0.1, 0.15) is 11.8 Å². The maximum absolute atomic E-state index is 11.7. The Balaban J connectivity index is 1.78. The van der Waals surface area contributed by atoms with Crippen molar-refractivity contribution in [3.63, 3.8) is 0 Å². The van der Waals surface area contributed by atoms with Crippen LogP contribution in [-0.4, -0.2) is 31.0 Å². The number of rotatable bonds is 4. The minimum absolute atomic E-state index is 0.0765. The number of amides is 2. The first-order chi connectivity index (χ1) is 9.15. The van der Waals surface area contributed by atoms with Crippen LogP contribution in [0.25, 0.3) is 0 Å². The molecule has 2 amide bonds. The zero-order valence-corrected chi connectivity index (χ0v) is 10.9. The Labute approximate surface area is 112 Å². The zero-order valence-electron chi connectivity index (χ0n) is 10.9. The summed E-state index contributed by atoms with van der Waals surface area (Å²) in [5.74, 6) is 0.256. The zero-order chi connectivity index (χ0) is 13.7. The maximum atomic E-state index is 11.7. The fourth-order valence-electron chi connectivity index (χ4n) is 1.93. The van der Waals surface area contributed by atoms with Crippen molar-refractivity contribution in [2.45, 2.75) is 25.8 Å². The van der Waals surface area contributed by atoms with Crippen LogP contribution in [0.4, 0.5) is 0 Å². The van der Waals surface area contributed by atoms with Crippen LogP contribution in [-0.2, 0) is 9.59 Å². The fourth-order valence-corrected chi connectivity index (χ4v) is 1.93. The van der Waals surface area contributed by atoms with Gasteiger partial charge in [-0.2, -0.15) is 0 Å². The number of piperidine rings is 1. The van der Waals surface area contributed by atoms with E-state index in [4.69, 9.17) is 4.74 Å². The fraction of sp³-hybridized carbons (Fsp3) is 0.429.